The lowest BCUT2D eigenvalue weighted by Gasteiger charge is -2.15. The maximum atomic E-state index is 4.52. The van der Waals surface area contributed by atoms with Crippen molar-refractivity contribution in [3.63, 3.8) is 0 Å². The largest absolute Gasteiger partial charge is 0.345 e. The zero-order valence-corrected chi connectivity index (χ0v) is 8.44. The third-order valence-corrected chi connectivity index (χ3v) is 2.58. The SMILES string of the molecule is CC1=NCCN1c1cnc2[nH]ccc2n1. The minimum absolute atomic E-state index is 0.826. The first kappa shape index (κ1) is 8.40. The van der Waals surface area contributed by atoms with E-state index in [1.807, 2.05) is 19.2 Å². The number of aromatic amines is 1. The number of rotatable bonds is 1. The van der Waals surface area contributed by atoms with Gasteiger partial charge in [-0.1, -0.05) is 0 Å². The van der Waals surface area contributed by atoms with E-state index in [0.29, 0.717) is 0 Å². The molecule has 1 aliphatic heterocycles. The maximum absolute atomic E-state index is 4.52. The molecule has 0 saturated carbocycles. The number of aromatic nitrogens is 3. The molecule has 0 aromatic carbocycles. The van der Waals surface area contributed by atoms with Crippen LogP contribution >= 0.6 is 0 Å². The average molecular weight is 201 g/mol. The molecule has 0 bridgehead atoms. The van der Waals surface area contributed by atoms with Crippen LogP contribution in [0.5, 0.6) is 0 Å². The Morgan fingerprint density at radius 3 is 3.20 bits per heavy atom. The molecule has 0 saturated heterocycles. The molecule has 5 heteroatoms. The van der Waals surface area contributed by atoms with E-state index in [-0.39, 0.29) is 0 Å². The summed E-state index contributed by atoms with van der Waals surface area (Å²) in [7, 11) is 0. The summed E-state index contributed by atoms with van der Waals surface area (Å²) in [6, 6.07) is 1.92. The molecule has 1 N–H and O–H groups in total. The van der Waals surface area contributed by atoms with Crippen LogP contribution in [0.3, 0.4) is 0 Å². The first-order valence-corrected chi connectivity index (χ1v) is 4.93. The van der Waals surface area contributed by atoms with E-state index in [0.717, 1.165) is 35.9 Å². The molecule has 2 aromatic heterocycles. The molecule has 5 nitrogen and oxygen atoms in total. The van der Waals surface area contributed by atoms with E-state index < -0.39 is 0 Å². The van der Waals surface area contributed by atoms with Crippen LogP contribution in [-0.2, 0) is 0 Å². The Morgan fingerprint density at radius 1 is 1.47 bits per heavy atom. The Kier molecular flexibility index (Phi) is 1.71. The molecule has 2 aromatic rings. The molecule has 0 radical (unpaired) electrons. The smallest absolute Gasteiger partial charge is 0.156 e. The van der Waals surface area contributed by atoms with Gasteiger partial charge in [0, 0.05) is 12.7 Å². The van der Waals surface area contributed by atoms with Crippen molar-refractivity contribution in [1.82, 2.24) is 15.0 Å². The van der Waals surface area contributed by atoms with Gasteiger partial charge in [0.2, 0.25) is 0 Å². The fraction of sp³-hybridized carbons (Fsp3) is 0.300. The molecule has 0 spiro atoms. The zero-order valence-electron chi connectivity index (χ0n) is 8.44. The van der Waals surface area contributed by atoms with Crippen LogP contribution < -0.4 is 4.90 Å². The number of fused-ring (bicyclic) bond motifs is 1. The van der Waals surface area contributed by atoms with Crippen LogP contribution in [0.2, 0.25) is 0 Å². The molecular formula is C10H11N5. The van der Waals surface area contributed by atoms with Crippen molar-refractivity contribution in [2.45, 2.75) is 6.92 Å². The highest BCUT2D eigenvalue weighted by Crippen LogP contribution is 2.16. The summed E-state index contributed by atoms with van der Waals surface area (Å²) in [5, 5.41) is 0. The molecule has 3 rings (SSSR count). The lowest BCUT2D eigenvalue weighted by molar-refractivity contribution is 0.997. The van der Waals surface area contributed by atoms with Gasteiger partial charge in [0.15, 0.2) is 11.5 Å². The molecule has 15 heavy (non-hydrogen) atoms. The van der Waals surface area contributed by atoms with E-state index in [9.17, 15) is 0 Å². The maximum Gasteiger partial charge on any atom is 0.156 e. The minimum Gasteiger partial charge on any atom is -0.345 e. The summed E-state index contributed by atoms with van der Waals surface area (Å²) < 4.78 is 0. The van der Waals surface area contributed by atoms with Crippen molar-refractivity contribution in [2.24, 2.45) is 4.99 Å². The zero-order chi connectivity index (χ0) is 10.3. The molecule has 0 amide bonds. The Hall–Kier alpha value is -1.91. The predicted molar refractivity (Wildman–Crippen MR) is 59.2 cm³/mol. The van der Waals surface area contributed by atoms with Gasteiger partial charge in [-0.3, -0.25) is 4.99 Å². The number of hydrogen-bond acceptors (Lipinski definition) is 4. The van der Waals surface area contributed by atoms with Crippen LogP contribution in [0, 0.1) is 0 Å². The highest BCUT2D eigenvalue weighted by molar-refractivity contribution is 5.97. The molecular weight excluding hydrogens is 190 g/mol. The molecule has 76 valence electrons. The number of amidine groups is 1. The quantitative estimate of drug-likeness (QED) is 0.754. The Bertz CT molecular complexity index is 527. The first-order valence-electron chi connectivity index (χ1n) is 4.93. The number of anilines is 1. The summed E-state index contributed by atoms with van der Waals surface area (Å²) in [6.45, 7) is 3.74. The third kappa shape index (κ3) is 1.27. The number of hydrogen-bond donors (Lipinski definition) is 1. The normalized spacial score (nSPS) is 16.1. The van der Waals surface area contributed by atoms with E-state index in [4.69, 9.17) is 0 Å². The highest BCUT2D eigenvalue weighted by Gasteiger charge is 2.16. The molecule has 0 atom stereocenters. The van der Waals surface area contributed by atoms with E-state index in [1.54, 1.807) is 6.20 Å². The standard InChI is InChI=1S/C10H11N5/c1-7-11-4-5-15(7)9-6-13-10-8(14-9)2-3-12-10/h2-3,6H,4-5H2,1H3,(H,12,13). The van der Waals surface area contributed by atoms with E-state index in [1.165, 1.54) is 0 Å². The van der Waals surface area contributed by atoms with Crippen LogP contribution in [0.25, 0.3) is 11.2 Å². The van der Waals surface area contributed by atoms with Gasteiger partial charge in [-0.05, 0) is 13.0 Å². The fourth-order valence-corrected chi connectivity index (χ4v) is 1.79. The van der Waals surface area contributed by atoms with Crippen LogP contribution in [0.4, 0.5) is 5.82 Å². The second kappa shape index (κ2) is 3.05. The van der Waals surface area contributed by atoms with Gasteiger partial charge in [-0.15, -0.1) is 0 Å². The monoisotopic (exact) mass is 201 g/mol. The summed E-state index contributed by atoms with van der Waals surface area (Å²) in [4.78, 5) is 18.3. The topological polar surface area (TPSA) is 57.2 Å². The van der Waals surface area contributed by atoms with Gasteiger partial charge in [0.05, 0.1) is 12.7 Å². The number of aliphatic imine (C=N–C) groups is 1. The third-order valence-electron chi connectivity index (χ3n) is 2.58. The summed E-state index contributed by atoms with van der Waals surface area (Å²) in [5.74, 6) is 1.89. The van der Waals surface area contributed by atoms with Crippen molar-refractivity contribution < 1.29 is 0 Å². The fourth-order valence-electron chi connectivity index (χ4n) is 1.79. The molecule has 0 unspecified atom stereocenters. The highest BCUT2D eigenvalue weighted by atomic mass is 15.3. The lowest BCUT2D eigenvalue weighted by Crippen LogP contribution is -2.25. The predicted octanol–water partition coefficient (Wildman–Crippen LogP) is 1.20. The summed E-state index contributed by atoms with van der Waals surface area (Å²) in [5.41, 5.74) is 1.72. The van der Waals surface area contributed by atoms with Gasteiger partial charge in [-0.25, -0.2) is 9.97 Å². The Morgan fingerprint density at radius 2 is 2.40 bits per heavy atom. The van der Waals surface area contributed by atoms with E-state index in [2.05, 4.69) is 24.8 Å². The number of nitrogens with zero attached hydrogens (tertiary/aromatic N) is 4. The van der Waals surface area contributed by atoms with Gasteiger partial charge in [-0.2, -0.15) is 0 Å². The first-order chi connectivity index (χ1) is 7.34. The van der Waals surface area contributed by atoms with Crippen molar-refractivity contribution in [2.75, 3.05) is 18.0 Å². The van der Waals surface area contributed by atoms with Gasteiger partial charge in [0.1, 0.15) is 11.4 Å². The Balaban J connectivity index is 2.07. The summed E-state index contributed by atoms with van der Waals surface area (Å²) in [6.07, 6.45) is 3.63. The average Bonchev–Trinajstić information content (AvgIpc) is 2.84. The van der Waals surface area contributed by atoms with Crippen molar-refractivity contribution in [1.29, 1.82) is 0 Å². The van der Waals surface area contributed by atoms with Crippen molar-refractivity contribution in [3.8, 4) is 0 Å². The van der Waals surface area contributed by atoms with Gasteiger partial charge < -0.3 is 9.88 Å². The van der Waals surface area contributed by atoms with Crippen LogP contribution in [-0.4, -0.2) is 33.9 Å². The Labute approximate surface area is 86.9 Å². The minimum atomic E-state index is 0.826. The van der Waals surface area contributed by atoms with Gasteiger partial charge in [0.25, 0.3) is 0 Å². The van der Waals surface area contributed by atoms with Crippen LogP contribution in [0.1, 0.15) is 6.92 Å². The van der Waals surface area contributed by atoms with Crippen molar-refractivity contribution in [3.05, 3.63) is 18.5 Å². The van der Waals surface area contributed by atoms with E-state index >= 15 is 0 Å². The second-order valence-corrected chi connectivity index (χ2v) is 3.52. The molecule has 0 aliphatic carbocycles. The number of nitrogens with one attached hydrogen (secondary N) is 1. The summed E-state index contributed by atoms with van der Waals surface area (Å²) >= 11 is 0. The van der Waals surface area contributed by atoms with Crippen LogP contribution in [0.15, 0.2) is 23.5 Å². The van der Waals surface area contributed by atoms with Gasteiger partial charge >= 0.3 is 0 Å². The number of H-pyrrole nitrogens is 1. The molecule has 1 aliphatic rings. The van der Waals surface area contributed by atoms with Crippen molar-refractivity contribution >= 4 is 22.8 Å². The second-order valence-electron chi connectivity index (χ2n) is 3.52. The molecule has 3 heterocycles. The molecule has 0 fully saturated rings. The lowest BCUT2D eigenvalue weighted by atomic mass is 10.4.